The number of fused-ring (bicyclic) bond motifs is 3. The molecule has 1 aliphatic rings. The first-order valence-corrected chi connectivity index (χ1v) is 5.18. The minimum absolute atomic E-state index is 0.344. The molecule has 2 aromatic rings. The molecule has 1 atom stereocenters. The summed E-state index contributed by atoms with van der Waals surface area (Å²) in [5.74, 6) is 0. The Bertz CT molecular complexity index is 470. The summed E-state index contributed by atoms with van der Waals surface area (Å²) >= 11 is 0. The molecular formula is C12H14N2. The molecule has 0 fully saturated rings. The molecule has 0 spiro atoms. The number of rotatable bonds is 0. The van der Waals surface area contributed by atoms with Crippen LogP contribution in [-0.4, -0.2) is 11.0 Å². The van der Waals surface area contributed by atoms with Gasteiger partial charge in [0.05, 0.1) is 0 Å². The van der Waals surface area contributed by atoms with Gasteiger partial charge in [-0.2, -0.15) is 0 Å². The number of H-pyrrole nitrogens is 1. The summed E-state index contributed by atoms with van der Waals surface area (Å²) in [5.41, 5.74) is 10.2. The standard InChI is InChI=1S/C12H14N2/c13-10-4-3-8-1-2-9-5-6-14-12(9)11(8)7-10/h1-2,5-6,10,14H,3-4,7,13H2. The summed E-state index contributed by atoms with van der Waals surface area (Å²) < 4.78 is 0. The Labute approximate surface area is 83.1 Å². The average molecular weight is 186 g/mol. The van der Waals surface area contributed by atoms with Gasteiger partial charge in [-0.05, 0) is 41.8 Å². The van der Waals surface area contributed by atoms with Crippen molar-refractivity contribution in [3.8, 4) is 0 Å². The van der Waals surface area contributed by atoms with Crippen molar-refractivity contribution >= 4 is 10.9 Å². The minimum atomic E-state index is 0.344. The van der Waals surface area contributed by atoms with E-state index in [9.17, 15) is 0 Å². The summed E-state index contributed by atoms with van der Waals surface area (Å²) in [4.78, 5) is 3.31. The molecule has 2 nitrogen and oxygen atoms in total. The maximum absolute atomic E-state index is 6.00. The van der Waals surface area contributed by atoms with E-state index < -0.39 is 0 Å². The van der Waals surface area contributed by atoms with Crippen molar-refractivity contribution in [1.29, 1.82) is 0 Å². The number of aromatic nitrogens is 1. The van der Waals surface area contributed by atoms with E-state index in [0.29, 0.717) is 6.04 Å². The highest BCUT2D eigenvalue weighted by atomic mass is 14.7. The molecule has 0 aliphatic heterocycles. The molecule has 3 N–H and O–H groups in total. The van der Waals surface area contributed by atoms with Crippen LogP contribution in [0.1, 0.15) is 17.5 Å². The molecule has 1 aromatic heterocycles. The zero-order valence-corrected chi connectivity index (χ0v) is 8.09. The molecule has 0 bridgehead atoms. The average Bonchev–Trinajstić information content (AvgIpc) is 2.65. The fourth-order valence-electron chi connectivity index (χ4n) is 2.41. The third kappa shape index (κ3) is 1.07. The maximum Gasteiger partial charge on any atom is 0.0489 e. The van der Waals surface area contributed by atoms with Crippen molar-refractivity contribution in [3.05, 3.63) is 35.5 Å². The number of aromatic amines is 1. The number of benzene rings is 1. The third-order valence-corrected chi connectivity index (χ3v) is 3.18. The summed E-state index contributed by atoms with van der Waals surface area (Å²) in [6.45, 7) is 0. The van der Waals surface area contributed by atoms with Gasteiger partial charge in [-0.3, -0.25) is 0 Å². The van der Waals surface area contributed by atoms with Crippen LogP contribution in [0.5, 0.6) is 0 Å². The Hall–Kier alpha value is -1.28. The van der Waals surface area contributed by atoms with Crippen molar-refractivity contribution in [2.45, 2.75) is 25.3 Å². The molecule has 0 radical (unpaired) electrons. The molecule has 14 heavy (non-hydrogen) atoms. The van der Waals surface area contributed by atoms with Crippen LogP contribution in [0, 0.1) is 0 Å². The van der Waals surface area contributed by atoms with Gasteiger partial charge in [0.15, 0.2) is 0 Å². The molecule has 0 saturated carbocycles. The van der Waals surface area contributed by atoms with Crippen LogP contribution >= 0.6 is 0 Å². The predicted octanol–water partition coefficient (Wildman–Crippen LogP) is 1.98. The zero-order valence-electron chi connectivity index (χ0n) is 8.09. The topological polar surface area (TPSA) is 41.8 Å². The van der Waals surface area contributed by atoms with E-state index in [4.69, 9.17) is 5.73 Å². The van der Waals surface area contributed by atoms with Crippen molar-refractivity contribution in [3.63, 3.8) is 0 Å². The molecule has 1 heterocycles. The SMILES string of the molecule is NC1CCc2ccc3cc[nH]c3c2C1. The highest BCUT2D eigenvalue weighted by molar-refractivity contribution is 5.84. The minimum Gasteiger partial charge on any atom is -0.361 e. The highest BCUT2D eigenvalue weighted by Crippen LogP contribution is 2.27. The molecular weight excluding hydrogens is 172 g/mol. The van der Waals surface area contributed by atoms with Crippen LogP contribution < -0.4 is 5.73 Å². The van der Waals surface area contributed by atoms with Crippen LogP contribution in [0.15, 0.2) is 24.4 Å². The largest absolute Gasteiger partial charge is 0.361 e. The lowest BCUT2D eigenvalue weighted by atomic mass is 9.87. The number of hydrogen-bond acceptors (Lipinski definition) is 1. The third-order valence-electron chi connectivity index (χ3n) is 3.18. The molecule has 1 aromatic carbocycles. The van der Waals surface area contributed by atoms with Gasteiger partial charge in [0.1, 0.15) is 0 Å². The summed E-state index contributed by atoms with van der Waals surface area (Å²) in [6, 6.07) is 6.91. The lowest BCUT2D eigenvalue weighted by Gasteiger charge is -2.21. The lowest BCUT2D eigenvalue weighted by molar-refractivity contribution is 0.579. The summed E-state index contributed by atoms with van der Waals surface area (Å²) in [5, 5.41) is 1.30. The Morgan fingerprint density at radius 1 is 1.29 bits per heavy atom. The van der Waals surface area contributed by atoms with Crippen LogP contribution in [-0.2, 0) is 12.8 Å². The quantitative estimate of drug-likeness (QED) is 0.649. The van der Waals surface area contributed by atoms with E-state index in [2.05, 4.69) is 23.2 Å². The van der Waals surface area contributed by atoms with Gasteiger partial charge in [0.25, 0.3) is 0 Å². The van der Waals surface area contributed by atoms with E-state index in [-0.39, 0.29) is 0 Å². The van der Waals surface area contributed by atoms with Crippen LogP contribution in [0.25, 0.3) is 10.9 Å². The molecule has 1 aliphatic carbocycles. The number of aryl methyl sites for hydroxylation is 1. The molecule has 72 valence electrons. The molecule has 2 heteroatoms. The molecule has 0 amide bonds. The van der Waals surface area contributed by atoms with Crippen LogP contribution in [0.2, 0.25) is 0 Å². The number of hydrogen-bond donors (Lipinski definition) is 2. The number of nitrogens with two attached hydrogens (primary N) is 1. The lowest BCUT2D eigenvalue weighted by Crippen LogP contribution is -2.27. The Morgan fingerprint density at radius 2 is 2.21 bits per heavy atom. The zero-order chi connectivity index (χ0) is 9.54. The van der Waals surface area contributed by atoms with Crippen LogP contribution in [0.3, 0.4) is 0 Å². The fraction of sp³-hybridized carbons (Fsp3) is 0.333. The smallest absolute Gasteiger partial charge is 0.0489 e. The van der Waals surface area contributed by atoms with Crippen molar-refractivity contribution in [2.24, 2.45) is 5.73 Å². The van der Waals surface area contributed by atoms with Gasteiger partial charge in [0, 0.05) is 17.8 Å². The molecule has 3 rings (SSSR count). The second-order valence-corrected chi connectivity index (χ2v) is 4.15. The van der Waals surface area contributed by atoms with E-state index >= 15 is 0 Å². The molecule has 0 saturated heterocycles. The van der Waals surface area contributed by atoms with Crippen molar-refractivity contribution in [1.82, 2.24) is 4.98 Å². The normalized spacial score (nSPS) is 21.1. The Balaban J connectivity index is 2.26. The summed E-state index contributed by atoms with van der Waals surface area (Å²) in [6.07, 6.45) is 5.28. The van der Waals surface area contributed by atoms with Crippen molar-refractivity contribution < 1.29 is 0 Å². The first-order chi connectivity index (χ1) is 6.84. The Morgan fingerprint density at radius 3 is 3.14 bits per heavy atom. The van der Waals surface area contributed by atoms with Gasteiger partial charge in [-0.1, -0.05) is 12.1 Å². The van der Waals surface area contributed by atoms with Gasteiger partial charge >= 0.3 is 0 Å². The fourth-order valence-corrected chi connectivity index (χ4v) is 2.41. The van der Waals surface area contributed by atoms with Gasteiger partial charge in [-0.25, -0.2) is 0 Å². The first-order valence-electron chi connectivity index (χ1n) is 5.18. The Kier molecular flexibility index (Phi) is 1.64. The van der Waals surface area contributed by atoms with Crippen LogP contribution in [0.4, 0.5) is 0 Å². The maximum atomic E-state index is 6.00. The predicted molar refractivity (Wildman–Crippen MR) is 58.3 cm³/mol. The van der Waals surface area contributed by atoms with E-state index in [1.165, 1.54) is 22.0 Å². The van der Waals surface area contributed by atoms with Gasteiger partial charge < -0.3 is 10.7 Å². The highest BCUT2D eigenvalue weighted by Gasteiger charge is 2.17. The van der Waals surface area contributed by atoms with E-state index in [1.807, 2.05) is 6.20 Å². The van der Waals surface area contributed by atoms with Gasteiger partial charge in [0.2, 0.25) is 0 Å². The van der Waals surface area contributed by atoms with E-state index in [1.54, 1.807) is 0 Å². The first kappa shape index (κ1) is 8.06. The second kappa shape index (κ2) is 2.85. The van der Waals surface area contributed by atoms with E-state index in [0.717, 1.165) is 19.3 Å². The number of nitrogens with one attached hydrogen (secondary N) is 1. The summed E-state index contributed by atoms with van der Waals surface area (Å²) in [7, 11) is 0. The van der Waals surface area contributed by atoms with Gasteiger partial charge in [-0.15, -0.1) is 0 Å². The molecule has 1 unspecified atom stereocenters. The monoisotopic (exact) mass is 186 g/mol. The second-order valence-electron chi connectivity index (χ2n) is 4.15. The van der Waals surface area contributed by atoms with Crippen molar-refractivity contribution in [2.75, 3.05) is 0 Å².